The maximum atomic E-state index is 14.6. The van der Waals surface area contributed by atoms with Crippen molar-refractivity contribution in [2.75, 3.05) is 0 Å². The van der Waals surface area contributed by atoms with Gasteiger partial charge in [-0.3, -0.25) is 4.79 Å². The second-order valence-electron chi connectivity index (χ2n) is 6.69. The fourth-order valence-corrected chi connectivity index (χ4v) is 4.50. The lowest BCUT2D eigenvalue weighted by atomic mass is 9.98. The Morgan fingerprint density at radius 1 is 1.10 bits per heavy atom. The van der Waals surface area contributed by atoms with Crippen LogP contribution in [0.25, 0.3) is 10.4 Å². The largest absolute Gasteiger partial charge is 0.478 e. The van der Waals surface area contributed by atoms with E-state index in [0.717, 1.165) is 5.56 Å². The monoisotopic (exact) mass is 450 g/mol. The number of benzene rings is 2. The van der Waals surface area contributed by atoms with E-state index in [4.69, 9.17) is 23.2 Å². The number of carbonyl (C=O) groups is 2. The number of carboxylic acid groups (broad SMARTS) is 1. The Labute approximate surface area is 181 Å². The summed E-state index contributed by atoms with van der Waals surface area (Å²) >= 11 is 13.2. The minimum absolute atomic E-state index is 0.0197. The Hall–Kier alpha value is -2.21. The van der Waals surface area contributed by atoms with Crippen LogP contribution in [0.3, 0.4) is 0 Å². The molecule has 0 aliphatic carbocycles. The van der Waals surface area contributed by atoms with E-state index < -0.39 is 17.9 Å². The number of aryl methyl sites for hydroxylation is 1. The molecule has 0 aliphatic heterocycles. The van der Waals surface area contributed by atoms with Crippen LogP contribution in [0.1, 0.15) is 27.0 Å². The molecule has 1 atom stereocenters. The number of carboxylic acids is 1. The SMILES string of the molecule is Cc1ccc(CC(F)C(=O)Cc2csc(-c3ccc(Cl)cc3)c2C(=O)O)c(Cl)c1. The summed E-state index contributed by atoms with van der Waals surface area (Å²) in [6, 6.07) is 12.0. The lowest BCUT2D eigenvalue weighted by molar-refractivity contribution is -0.123. The highest BCUT2D eigenvalue weighted by atomic mass is 35.5. The van der Waals surface area contributed by atoms with E-state index in [2.05, 4.69) is 0 Å². The first-order chi connectivity index (χ1) is 13.8. The lowest BCUT2D eigenvalue weighted by Crippen LogP contribution is -2.21. The third kappa shape index (κ3) is 5.04. The third-order valence-corrected chi connectivity index (χ3v) is 6.19. The molecular formula is C22H17Cl2FO3S. The predicted molar refractivity (Wildman–Crippen MR) is 115 cm³/mol. The molecule has 0 radical (unpaired) electrons. The summed E-state index contributed by atoms with van der Waals surface area (Å²) in [6.07, 6.45) is -2.21. The smallest absolute Gasteiger partial charge is 0.337 e. The molecule has 0 amide bonds. The zero-order valence-corrected chi connectivity index (χ0v) is 17.7. The van der Waals surface area contributed by atoms with Crippen LogP contribution in [0.4, 0.5) is 4.39 Å². The standard InChI is InChI=1S/C22H17Cl2FO3S/c1-12-2-3-14(17(24)8-12)9-18(25)19(26)10-15-11-29-21(20(15)22(27)28)13-4-6-16(23)7-5-13/h2-8,11,18H,9-10H2,1H3,(H,27,28). The highest BCUT2D eigenvalue weighted by molar-refractivity contribution is 7.14. The molecule has 3 rings (SSSR count). The Balaban J connectivity index is 1.81. The van der Waals surface area contributed by atoms with Gasteiger partial charge in [-0.25, -0.2) is 9.18 Å². The van der Waals surface area contributed by atoms with Crippen molar-refractivity contribution in [1.82, 2.24) is 0 Å². The van der Waals surface area contributed by atoms with Crippen LogP contribution < -0.4 is 0 Å². The number of carbonyl (C=O) groups excluding carboxylic acids is 1. The van der Waals surface area contributed by atoms with Gasteiger partial charge in [-0.2, -0.15) is 0 Å². The summed E-state index contributed by atoms with van der Waals surface area (Å²) in [7, 11) is 0. The number of thiophene rings is 1. The molecule has 0 spiro atoms. The maximum absolute atomic E-state index is 14.6. The van der Waals surface area contributed by atoms with Gasteiger partial charge in [0, 0.05) is 27.8 Å². The first-order valence-corrected chi connectivity index (χ1v) is 10.4. The fourth-order valence-electron chi connectivity index (χ4n) is 3.00. The molecule has 0 fully saturated rings. The topological polar surface area (TPSA) is 54.4 Å². The van der Waals surface area contributed by atoms with Crippen molar-refractivity contribution < 1.29 is 19.1 Å². The molecule has 1 heterocycles. The maximum Gasteiger partial charge on any atom is 0.337 e. The molecular weight excluding hydrogens is 434 g/mol. The van der Waals surface area contributed by atoms with Crippen molar-refractivity contribution >= 4 is 46.3 Å². The van der Waals surface area contributed by atoms with E-state index in [9.17, 15) is 19.1 Å². The van der Waals surface area contributed by atoms with Crippen molar-refractivity contribution in [3.8, 4) is 10.4 Å². The van der Waals surface area contributed by atoms with Crippen molar-refractivity contribution in [2.45, 2.75) is 25.9 Å². The minimum Gasteiger partial charge on any atom is -0.478 e. The molecule has 3 nitrogen and oxygen atoms in total. The van der Waals surface area contributed by atoms with Gasteiger partial charge in [0.25, 0.3) is 0 Å². The molecule has 1 N–H and O–H groups in total. The summed E-state index contributed by atoms with van der Waals surface area (Å²) in [5.74, 6) is -1.83. The Morgan fingerprint density at radius 2 is 1.79 bits per heavy atom. The van der Waals surface area contributed by atoms with E-state index in [1.165, 1.54) is 11.3 Å². The quantitative estimate of drug-likeness (QED) is 0.451. The number of alkyl halides is 1. The average Bonchev–Trinajstić information content (AvgIpc) is 3.08. The van der Waals surface area contributed by atoms with Crippen molar-refractivity contribution in [2.24, 2.45) is 0 Å². The summed E-state index contributed by atoms with van der Waals surface area (Å²) in [5.41, 5.74) is 2.49. The summed E-state index contributed by atoms with van der Waals surface area (Å²) in [6.45, 7) is 1.87. The highest BCUT2D eigenvalue weighted by Gasteiger charge is 2.25. The molecule has 150 valence electrons. The van der Waals surface area contributed by atoms with Gasteiger partial charge in [-0.05, 0) is 52.8 Å². The van der Waals surface area contributed by atoms with Gasteiger partial charge < -0.3 is 5.11 Å². The van der Waals surface area contributed by atoms with Gasteiger partial charge in [0.05, 0.1) is 5.56 Å². The van der Waals surface area contributed by atoms with Gasteiger partial charge in [-0.15, -0.1) is 11.3 Å². The molecule has 1 unspecified atom stereocenters. The third-order valence-electron chi connectivity index (χ3n) is 4.51. The number of halogens is 3. The molecule has 0 aliphatic rings. The molecule has 29 heavy (non-hydrogen) atoms. The minimum atomic E-state index is -1.77. The second-order valence-corrected chi connectivity index (χ2v) is 8.41. The van der Waals surface area contributed by atoms with Crippen molar-refractivity contribution in [3.63, 3.8) is 0 Å². The fraction of sp³-hybridized carbons (Fsp3) is 0.182. The van der Waals surface area contributed by atoms with Crippen LogP contribution in [0, 0.1) is 6.92 Å². The molecule has 0 saturated carbocycles. The van der Waals surface area contributed by atoms with Gasteiger partial charge in [0.1, 0.15) is 0 Å². The molecule has 2 aromatic carbocycles. The van der Waals surface area contributed by atoms with Crippen LogP contribution >= 0.6 is 34.5 Å². The number of rotatable bonds is 7. The van der Waals surface area contributed by atoms with Crippen LogP contribution in [-0.2, 0) is 17.6 Å². The van der Waals surface area contributed by atoms with Gasteiger partial charge in [-0.1, -0.05) is 47.5 Å². The van der Waals surface area contributed by atoms with E-state index in [-0.39, 0.29) is 18.4 Å². The molecule has 0 bridgehead atoms. The van der Waals surface area contributed by atoms with E-state index in [1.807, 2.05) is 6.92 Å². The van der Waals surface area contributed by atoms with Crippen LogP contribution in [0.5, 0.6) is 0 Å². The molecule has 3 aromatic rings. The van der Waals surface area contributed by atoms with Gasteiger partial charge in [0.15, 0.2) is 12.0 Å². The number of Topliss-reactive ketones (excluding diaryl/α,β-unsaturated/α-hetero) is 1. The Morgan fingerprint density at radius 3 is 2.41 bits per heavy atom. The van der Waals surface area contributed by atoms with Crippen molar-refractivity contribution in [1.29, 1.82) is 0 Å². The van der Waals surface area contributed by atoms with Crippen LogP contribution in [0.2, 0.25) is 10.0 Å². The predicted octanol–water partition coefficient (Wildman–Crippen LogP) is 6.42. The van der Waals surface area contributed by atoms with Crippen molar-refractivity contribution in [3.05, 3.63) is 80.1 Å². The highest BCUT2D eigenvalue weighted by Crippen LogP contribution is 2.34. The number of hydrogen-bond acceptors (Lipinski definition) is 3. The Kier molecular flexibility index (Phi) is 6.73. The average molecular weight is 451 g/mol. The summed E-state index contributed by atoms with van der Waals surface area (Å²) in [4.78, 5) is 24.8. The number of hydrogen-bond donors (Lipinski definition) is 1. The van der Waals surface area contributed by atoms with Gasteiger partial charge >= 0.3 is 5.97 Å². The van der Waals surface area contributed by atoms with E-state index >= 15 is 0 Å². The normalized spacial score (nSPS) is 12.0. The molecule has 1 aromatic heterocycles. The molecule has 0 saturated heterocycles. The van der Waals surface area contributed by atoms with E-state index in [0.29, 0.717) is 31.6 Å². The van der Waals surface area contributed by atoms with Crippen LogP contribution in [0.15, 0.2) is 47.8 Å². The van der Waals surface area contributed by atoms with Crippen LogP contribution in [-0.4, -0.2) is 23.0 Å². The van der Waals surface area contributed by atoms with Gasteiger partial charge in [0.2, 0.25) is 0 Å². The summed E-state index contributed by atoms with van der Waals surface area (Å²) < 4.78 is 14.6. The van der Waals surface area contributed by atoms with E-state index in [1.54, 1.807) is 47.8 Å². The zero-order chi connectivity index (χ0) is 21.1. The number of aromatic carboxylic acids is 1. The molecule has 7 heteroatoms. The first-order valence-electron chi connectivity index (χ1n) is 8.77. The lowest BCUT2D eigenvalue weighted by Gasteiger charge is -2.10. The second kappa shape index (κ2) is 9.08. The number of ketones is 1. The first kappa shape index (κ1) is 21.5. The summed E-state index contributed by atoms with van der Waals surface area (Å²) in [5, 5.41) is 12.2. The zero-order valence-electron chi connectivity index (χ0n) is 15.4. The Bertz CT molecular complexity index is 1060.